The summed E-state index contributed by atoms with van der Waals surface area (Å²) in [6, 6.07) is 2.23. The fraction of sp³-hybridized carbons (Fsp3) is 0.933. The maximum absolute atomic E-state index is 11.8. The summed E-state index contributed by atoms with van der Waals surface area (Å²) in [4.78, 5) is 11.8. The third kappa shape index (κ3) is 4.75. The number of carbonyl (C=O) groups is 1. The van der Waals surface area contributed by atoms with Gasteiger partial charge >= 0.3 is 5.97 Å². The summed E-state index contributed by atoms with van der Waals surface area (Å²) >= 11 is 0. The predicted octanol–water partition coefficient (Wildman–Crippen LogP) is 4.85. The van der Waals surface area contributed by atoms with Crippen LogP contribution in [0.15, 0.2) is 0 Å². The molecule has 0 aromatic heterocycles. The average Bonchev–Trinajstić information content (AvgIpc) is 2.37. The molecule has 0 saturated carbocycles. The van der Waals surface area contributed by atoms with Gasteiger partial charge in [0.05, 0.1) is 13.8 Å². The van der Waals surface area contributed by atoms with Crippen molar-refractivity contribution in [3.8, 4) is 0 Å². The van der Waals surface area contributed by atoms with E-state index in [-0.39, 0.29) is 5.04 Å². The number of aliphatic carboxylic acids is 1. The zero-order valence-electron chi connectivity index (χ0n) is 12.8. The Labute approximate surface area is 115 Å². The molecule has 0 aromatic carbocycles. The van der Waals surface area contributed by atoms with Crippen LogP contribution < -0.4 is 0 Å². The molecule has 0 spiro atoms. The van der Waals surface area contributed by atoms with E-state index in [1.54, 1.807) is 0 Å². The molecule has 0 amide bonds. The van der Waals surface area contributed by atoms with E-state index < -0.39 is 14.8 Å². The highest BCUT2D eigenvalue weighted by atomic mass is 28.3. The highest BCUT2D eigenvalue weighted by Crippen LogP contribution is 2.43. The topological polar surface area (TPSA) is 37.3 Å². The normalized spacial score (nSPS) is 14.7. The van der Waals surface area contributed by atoms with E-state index in [9.17, 15) is 9.90 Å². The molecule has 1 atom stereocenters. The fourth-order valence-corrected chi connectivity index (χ4v) is 6.90. The SMILES string of the molecule is CCCCCCCC(CC)(C(=O)O)[SiH](CC)CC. The van der Waals surface area contributed by atoms with Crippen LogP contribution >= 0.6 is 0 Å². The highest BCUT2D eigenvalue weighted by Gasteiger charge is 2.42. The molecular formula is C15H32O2Si. The van der Waals surface area contributed by atoms with E-state index in [0.717, 1.165) is 31.4 Å². The van der Waals surface area contributed by atoms with E-state index in [0.29, 0.717) is 0 Å². The second-order valence-corrected chi connectivity index (χ2v) is 9.62. The molecule has 0 aliphatic carbocycles. The zero-order valence-corrected chi connectivity index (χ0v) is 14.0. The first-order chi connectivity index (χ1) is 8.58. The summed E-state index contributed by atoms with van der Waals surface area (Å²) in [5.74, 6) is -0.513. The van der Waals surface area contributed by atoms with Gasteiger partial charge in [0, 0.05) is 0 Å². The molecule has 0 aliphatic rings. The Balaban J connectivity index is 4.51. The van der Waals surface area contributed by atoms with Gasteiger partial charge in [-0.3, -0.25) is 4.79 Å². The molecule has 0 saturated heterocycles. The van der Waals surface area contributed by atoms with E-state index >= 15 is 0 Å². The molecule has 0 radical (unpaired) electrons. The summed E-state index contributed by atoms with van der Waals surface area (Å²) < 4.78 is 0. The van der Waals surface area contributed by atoms with Gasteiger partial charge in [0.15, 0.2) is 0 Å². The largest absolute Gasteiger partial charge is 0.481 e. The minimum Gasteiger partial charge on any atom is -0.481 e. The molecule has 108 valence electrons. The number of hydrogen-bond acceptors (Lipinski definition) is 1. The van der Waals surface area contributed by atoms with E-state index in [4.69, 9.17) is 0 Å². The van der Waals surface area contributed by atoms with Crippen molar-refractivity contribution in [2.24, 2.45) is 0 Å². The standard InChI is InChI=1S/C15H32O2Si/c1-5-9-10-11-12-13-15(6-2,14(16)17)18(7-3)8-4/h18H,5-13H2,1-4H3,(H,16,17). The highest BCUT2D eigenvalue weighted by molar-refractivity contribution is 6.66. The van der Waals surface area contributed by atoms with Gasteiger partial charge in [-0.1, -0.05) is 71.9 Å². The molecule has 0 heterocycles. The molecule has 0 aromatic rings. The van der Waals surface area contributed by atoms with Gasteiger partial charge in [-0.25, -0.2) is 0 Å². The van der Waals surface area contributed by atoms with Crippen molar-refractivity contribution < 1.29 is 9.90 Å². The monoisotopic (exact) mass is 272 g/mol. The quantitative estimate of drug-likeness (QED) is 0.431. The first kappa shape index (κ1) is 17.7. The van der Waals surface area contributed by atoms with Crippen LogP contribution in [0.3, 0.4) is 0 Å². The van der Waals surface area contributed by atoms with Crippen molar-refractivity contribution in [3.05, 3.63) is 0 Å². The van der Waals surface area contributed by atoms with Gasteiger partial charge in [-0.05, 0) is 12.8 Å². The maximum atomic E-state index is 11.8. The van der Waals surface area contributed by atoms with Gasteiger partial charge in [0.25, 0.3) is 0 Å². The van der Waals surface area contributed by atoms with Gasteiger partial charge < -0.3 is 5.11 Å². The lowest BCUT2D eigenvalue weighted by atomic mass is 9.96. The molecule has 0 bridgehead atoms. The second-order valence-electron chi connectivity index (χ2n) is 5.49. The van der Waals surface area contributed by atoms with Crippen LogP contribution in [0.25, 0.3) is 0 Å². The third-order valence-electron chi connectivity index (χ3n) is 4.55. The Morgan fingerprint density at radius 3 is 1.94 bits per heavy atom. The van der Waals surface area contributed by atoms with E-state index in [1.807, 2.05) is 0 Å². The van der Waals surface area contributed by atoms with E-state index in [1.165, 1.54) is 25.7 Å². The van der Waals surface area contributed by atoms with Crippen LogP contribution in [-0.4, -0.2) is 19.9 Å². The fourth-order valence-electron chi connectivity index (χ4n) is 3.22. The van der Waals surface area contributed by atoms with Crippen molar-refractivity contribution >= 4 is 14.8 Å². The van der Waals surface area contributed by atoms with Crippen molar-refractivity contribution in [2.45, 2.75) is 89.8 Å². The molecule has 1 unspecified atom stereocenters. The van der Waals surface area contributed by atoms with Crippen LogP contribution in [-0.2, 0) is 4.79 Å². The number of hydrogen-bond donors (Lipinski definition) is 1. The summed E-state index contributed by atoms with van der Waals surface area (Å²) in [6.45, 7) is 8.66. The third-order valence-corrected chi connectivity index (χ3v) is 9.03. The summed E-state index contributed by atoms with van der Waals surface area (Å²) in [5.41, 5.74) is 0. The lowest BCUT2D eigenvalue weighted by Crippen LogP contribution is -2.38. The first-order valence-electron chi connectivity index (χ1n) is 7.82. The molecule has 2 nitrogen and oxygen atoms in total. The molecule has 0 fully saturated rings. The van der Waals surface area contributed by atoms with Crippen molar-refractivity contribution in [1.29, 1.82) is 0 Å². The summed E-state index contributed by atoms with van der Waals surface area (Å²) in [6.07, 6.45) is 7.85. The maximum Gasteiger partial charge on any atom is 0.306 e. The van der Waals surface area contributed by atoms with Crippen LogP contribution in [0, 0.1) is 0 Å². The Kier molecular flexibility index (Phi) is 9.43. The van der Waals surface area contributed by atoms with Crippen LogP contribution in [0.4, 0.5) is 0 Å². The van der Waals surface area contributed by atoms with Crippen LogP contribution in [0.2, 0.25) is 17.1 Å². The average molecular weight is 273 g/mol. The molecule has 3 heteroatoms. The smallest absolute Gasteiger partial charge is 0.306 e. The van der Waals surface area contributed by atoms with E-state index in [2.05, 4.69) is 27.7 Å². The molecule has 18 heavy (non-hydrogen) atoms. The molecule has 0 aliphatic heterocycles. The number of unbranched alkanes of at least 4 members (excludes halogenated alkanes) is 4. The lowest BCUT2D eigenvalue weighted by molar-refractivity contribution is -0.141. The Hall–Kier alpha value is -0.313. The Morgan fingerprint density at radius 1 is 1.00 bits per heavy atom. The number of rotatable bonds is 11. The van der Waals surface area contributed by atoms with Gasteiger partial charge in [-0.2, -0.15) is 0 Å². The number of carboxylic acid groups (broad SMARTS) is 1. The Bertz CT molecular complexity index is 227. The second kappa shape index (κ2) is 9.60. The van der Waals surface area contributed by atoms with Crippen LogP contribution in [0.5, 0.6) is 0 Å². The van der Waals surface area contributed by atoms with Crippen molar-refractivity contribution in [1.82, 2.24) is 0 Å². The van der Waals surface area contributed by atoms with Crippen molar-refractivity contribution in [2.75, 3.05) is 0 Å². The molecule has 0 rings (SSSR count). The van der Waals surface area contributed by atoms with Gasteiger partial charge in [-0.15, -0.1) is 0 Å². The minimum atomic E-state index is -1.16. The lowest BCUT2D eigenvalue weighted by Gasteiger charge is -2.35. The van der Waals surface area contributed by atoms with Gasteiger partial charge in [0.2, 0.25) is 0 Å². The van der Waals surface area contributed by atoms with Crippen LogP contribution in [0.1, 0.15) is 72.6 Å². The first-order valence-corrected chi connectivity index (χ1v) is 10.0. The molecule has 1 N–H and O–H groups in total. The van der Waals surface area contributed by atoms with Crippen molar-refractivity contribution in [3.63, 3.8) is 0 Å². The molecular weight excluding hydrogens is 240 g/mol. The minimum absolute atomic E-state index is 0.338. The van der Waals surface area contributed by atoms with Gasteiger partial charge in [0.1, 0.15) is 0 Å². The Morgan fingerprint density at radius 2 is 1.56 bits per heavy atom. The predicted molar refractivity (Wildman–Crippen MR) is 82.1 cm³/mol. The zero-order chi connectivity index (χ0) is 14.0. The summed E-state index contributed by atoms with van der Waals surface area (Å²) in [7, 11) is -1.16. The summed E-state index contributed by atoms with van der Waals surface area (Å²) in [5, 5.41) is 9.36. The number of carboxylic acids is 1.